The van der Waals surface area contributed by atoms with Gasteiger partial charge in [0.15, 0.2) is 5.17 Å². The number of hydrogen-bond donors (Lipinski definition) is 1. The van der Waals surface area contributed by atoms with Crippen molar-refractivity contribution in [2.75, 3.05) is 12.4 Å². The molecule has 0 unspecified atom stereocenters. The summed E-state index contributed by atoms with van der Waals surface area (Å²) in [7, 11) is 0. The number of amidine groups is 1. The van der Waals surface area contributed by atoms with Crippen LogP contribution in [0.3, 0.4) is 0 Å². The smallest absolute Gasteiger partial charge is 0.338 e. The second-order valence-corrected chi connectivity index (χ2v) is 6.85. The molecule has 0 saturated carbocycles. The Morgan fingerprint density at radius 1 is 1.35 bits per heavy atom. The second-order valence-electron chi connectivity index (χ2n) is 5.84. The summed E-state index contributed by atoms with van der Waals surface area (Å²) in [4.78, 5) is 17.1. The number of nitrogens with one attached hydrogen (secondary N) is 1. The Hall–Kier alpha value is -1.75. The summed E-state index contributed by atoms with van der Waals surface area (Å²) in [5.74, 6) is 1.26. The Labute approximate surface area is 142 Å². The normalized spacial score (nSPS) is 17.8. The van der Waals surface area contributed by atoms with E-state index in [1.165, 1.54) is 0 Å². The number of carbonyl (C=O) groups is 1. The fourth-order valence-electron chi connectivity index (χ4n) is 2.32. The molecule has 0 amide bonds. The molecule has 0 spiro atoms. The lowest BCUT2D eigenvalue weighted by Gasteiger charge is -2.26. The van der Waals surface area contributed by atoms with E-state index in [1.54, 1.807) is 11.8 Å². The molecule has 0 aromatic heterocycles. The van der Waals surface area contributed by atoms with Gasteiger partial charge < -0.3 is 10.1 Å². The van der Waals surface area contributed by atoms with Gasteiger partial charge in [0, 0.05) is 11.4 Å². The number of esters is 1. The third-order valence-electron chi connectivity index (χ3n) is 3.38. The van der Waals surface area contributed by atoms with E-state index in [4.69, 9.17) is 9.73 Å². The van der Waals surface area contributed by atoms with Gasteiger partial charge in [0.2, 0.25) is 0 Å². The molecule has 0 bridgehead atoms. The van der Waals surface area contributed by atoms with Crippen LogP contribution >= 0.6 is 11.8 Å². The quantitative estimate of drug-likeness (QED) is 0.831. The highest BCUT2D eigenvalue weighted by molar-refractivity contribution is 8.13. The maximum Gasteiger partial charge on any atom is 0.338 e. The molecule has 1 N–H and O–H groups in total. The zero-order valence-corrected chi connectivity index (χ0v) is 14.9. The lowest BCUT2D eigenvalue weighted by atomic mass is 9.97. The number of allylic oxidation sites excluding steroid dienone is 1. The molecular weight excluding hydrogens is 308 g/mol. The van der Waals surface area contributed by atoms with Crippen molar-refractivity contribution in [3.8, 4) is 0 Å². The van der Waals surface area contributed by atoms with Gasteiger partial charge in [-0.2, -0.15) is 0 Å². The van der Waals surface area contributed by atoms with Gasteiger partial charge in [0.1, 0.15) is 6.04 Å². The lowest BCUT2D eigenvalue weighted by molar-refractivity contribution is -0.138. The molecule has 124 valence electrons. The molecule has 1 aliphatic rings. The Morgan fingerprint density at radius 2 is 2.04 bits per heavy atom. The van der Waals surface area contributed by atoms with E-state index >= 15 is 0 Å². The summed E-state index contributed by atoms with van der Waals surface area (Å²) < 4.78 is 5.22. The first-order chi connectivity index (χ1) is 11.0. The van der Waals surface area contributed by atoms with Crippen molar-refractivity contribution in [1.29, 1.82) is 0 Å². The number of nitrogens with zero attached hydrogens (tertiary/aromatic N) is 1. The molecule has 0 radical (unpaired) electrons. The van der Waals surface area contributed by atoms with Gasteiger partial charge >= 0.3 is 5.97 Å². The van der Waals surface area contributed by atoms with Crippen LogP contribution in [0.2, 0.25) is 0 Å². The molecule has 4 nitrogen and oxygen atoms in total. The largest absolute Gasteiger partial charge is 0.463 e. The third-order valence-corrected chi connectivity index (χ3v) is 4.70. The number of thioether (sulfide) groups is 1. The topological polar surface area (TPSA) is 50.7 Å². The van der Waals surface area contributed by atoms with E-state index in [9.17, 15) is 4.79 Å². The number of aliphatic imine (C=N–C) groups is 1. The number of hydrogen-bond acceptors (Lipinski definition) is 5. The molecule has 0 aliphatic carbocycles. The van der Waals surface area contributed by atoms with Crippen molar-refractivity contribution in [3.63, 3.8) is 0 Å². The first-order valence-corrected chi connectivity index (χ1v) is 8.92. The van der Waals surface area contributed by atoms with Crippen molar-refractivity contribution in [1.82, 2.24) is 5.32 Å². The molecular formula is C18H24N2O2S. The standard InChI is InChI=1S/C18H24N2O2S/c1-5-22-17(21)15-13(4)19-18(23-11-12(2)3)20-16(15)14-9-7-6-8-10-14/h6-10,12,16H,5,11H2,1-4H3,(H,19,20)/t16-/m1/s1. The van der Waals surface area contributed by atoms with Crippen molar-refractivity contribution >= 4 is 22.9 Å². The van der Waals surface area contributed by atoms with Gasteiger partial charge in [-0.25, -0.2) is 9.79 Å². The van der Waals surface area contributed by atoms with Gasteiger partial charge in [-0.1, -0.05) is 55.9 Å². The molecule has 5 heteroatoms. The van der Waals surface area contributed by atoms with E-state index in [-0.39, 0.29) is 12.0 Å². The summed E-state index contributed by atoms with van der Waals surface area (Å²) >= 11 is 1.69. The molecule has 1 aromatic rings. The molecule has 23 heavy (non-hydrogen) atoms. The Balaban J connectivity index is 2.34. The third kappa shape index (κ3) is 4.61. The molecule has 0 fully saturated rings. The van der Waals surface area contributed by atoms with E-state index in [0.717, 1.165) is 22.2 Å². The van der Waals surface area contributed by atoms with Crippen LogP contribution in [0.4, 0.5) is 0 Å². The molecule has 2 rings (SSSR count). The van der Waals surface area contributed by atoms with Crippen molar-refractivity contribution in [2.45, 2.75) is 33.7 Å². The van der Waals surface area contributed by atoms with Gasteiger partial charge in [-0.05, 0) is 25.3 Å². The summed E-state index contributed by atoms with van der Waals surface area (Å²) in [5.41, 5.74) is 2.41. The summed E-state index contributed by atoms with van der Waals surface area (Å²) in [5, 5.41) is 4.11. The maximum absolute atomic E-state index is 12.4. The monoisotopic (exact) mass is 332 g/mol. The Bertz CT molecular complexity index is 609. The van der Waals surface area contributed by atoms with E-state index in [1.807, 2.05) is 44.2 Å². The van der Waals surface area contributed by atoms with Gasteiger partial charge in [0.05, 0.1) is 12.2 Å². The summed E-state index contributed by atoms with van der Waals surface area (Å²) in [6, 6.07) is 9.57. The van der Waals surface area contributed by atoms with Crippen LogP contribution in [0, 0.1) is 5.92 Å². The summed E-state index contributed by atoms with van der Waals surface area (Å²) in [6.45, 7) is 8.44. The van der Waals surface area contributed by atoms with Crippen LogP contribution in [0.5, 0.6) is 0 Å². The fraction of sp³-hybridized carbons (Fsp3) is 0.444. The highest BCUT2D eigenvalue weighted by Crippen LogP contribution is 2.33. The number of ether oxygens (including phenoxy) is 1. The second kappa shape index (κ2) is 8.20. The van der Waals surface area contributed by atoms with Gasteiger partial charge in [-0.15, -0.1) is 0 Å². The van der Waals surface area contributed by atoms with Gasteiger partial charge in [-0.3, -0.25) is 0 Å². The molecule has 1 aliphatic heterocycles. The molecule has 1 atom stereocenters. The molecule has 1 aromatic carbocycles. The van der Waals surface area contributed by atoms with E-state index in [2.05, 4.69) is 19.2 Å². The number of carbonyl (C=O) groups excluding carboxylic acids is 1. The van der Waals surface area contributed by atoms with Crippen molar-refractivity contribution in [2.24, 2.45) is 10.9 Å². The minimum absolute atomic E-state index is 0.303. The average Bonchev–Trinajstić information content (AvgIpc) is 2.53. The zero-order chi connectivity index (χ0) is 16.8. The maximum atomic E-state index is 12.4. The van der Waals surface area contributed by atoms with Crippen LogP contribution < -0.4 is 5.32 Å². The fourth-order valence-corrected chi connectivity index (χ4v) is 3.21. The minimum Gasteiger partial charge on any atom is -0.463 e. The minimum atomic E-state index is -0.314. The van der Waals surface area contributed by atoms with Crippen LogP contribution in [0.25, 0.3) is 0 Å². The van der Waals surface area contributed by atoms with Crippen LogP contribution in [0.15, 0.2) is 46.6 Å². The van der Waals surface area contributed by atoms with E-state index < -0.39 is 0 Å². The van der Waals surface area contributed by atoms with Crippen LogP contribution in [-0.2, 0) is 9.53 Å². The Morgan fingerprint density at radius 3 is 2.65 bits per heavy atom. The first-order valence-electron chi connectivity index (χ1n) is 7.93. The number of benzene rings is 1. The van der Waals surface area contributed by atoms with E-state index in [0.29, 0.717) is 18.1 Å². The SMILES string of the molecule is CCOC(=O)C1=C(C)NC(SCC(C)C)=N[C@@H]1c1ccccc1. The summed E-state index contributed by atoms with van der Waals surface area (Å²) in [6.07, 6.45) is 0. The van der Waals surface area contributed by atoms with Crippen molar-refractivity contribution < 1.29 is 9.53 Å². The number of rotatable bonds is 5. The zero-order valence-electron chi connectivity index (χ0n) is 14.1. The average molecular weight is 332 g/mol. The highest BCUT2D eigenvalue weighted by Gasteiger charge is 2.30. The predicted octanol–water partition coefficient (Wildman–Crippen LogP) is 3.91. The van der Waals surface area contributed by atoms with Crippen LogP contribution in [-0.4, -0.2) is 23.5 Å². The highest BCUT2D eigenvalue weighted by atomic mass is 32.2. The van der Waals surface area contributed by atoms with Gasteiger partial charge in [0.25, 0.3) is 0 Å². The predicted molar refractivity (Wildman–Crippen MR) is 96.4 cm³/mol. The Kier molecular flexibility index (Phi) is 6.28. The first kappa shape index (κ1) is 17.6. The molecule has 0 saturated heterocycles. The van der Waals surface area contributed by atoms with Crippen molar-refractivity contribution in [3.05, 3.63) is 47.2 Å². The van der Waals surface area contributed by atoms with Crippen LogP contribution in [0.1, 0.15) is 39.3 Å². The lowest BCUT2D eigenvalue weighted by Crippen LogP contribution is -2.31. The molecule has 1 heterocycles.